The van der Waals surface area contributed by atoms with Crippen LogP contribution in [0, 0.1) is 5.92 Å². The molecule has 0 heterocycles. The molecule has 0 spiro atoms. The minimum Gasteiger partial charge on any atom is -0.504 e. The van der Waals surface area contributed by atoms with Crippen LogP contribution in [0.3, 0.4) is 0 Å². The fourth-order valence-corrected chi connectivity index (χ4v) is 1.66. The summed E-state index contributed by atoms with van der Waals surface area (Å²) in [7, 11) is 1.44. The van der Waals surface area contributed by atoms with E-state index in [4.69, 9.17) is 16.2 Å². The van der Waals surface area contributed by atoms with E-state index in [2.05, 4.69) is 0 Å². The van der Waals surface area contributed by atoms with E-state index in [0.717, 1.165) is 0 Å². The number of carbonyl (C=O) groups excluding carboxylic acids is 2. The summed E-state index contributed by atoms with van der Waals surface area (Å²) < 4.78 is 4.90. The van der Waals surface area contributed by atoms with Gasteiger partial charge < -0.3 is 21.3 Å². The molecular formula is C12H16N2O4. The van der Waals surface area contributed by atoms with Gasteiger partial charge >= 0.3 is 0 Å². The van der Waals surface area contributed by atoms with Gasteiger partial charge in [-0.1, -0.05) is 6.07 Å². The molecule has 5 N–H and O–H groups in total. The van der Waals surface area contributed by atoms with Gasteiger partial charge in [0.05, 0.1) is 13.0 Å². The lowest BCUT2D eigenvalue weighted by molar-refractivity contribution is -0.126. The summed E-state index contributed by atoms with van der Waals surface area (Å²) in [5.41, 5.74) is 10.9. The van der Waals surface area contributed by atoms with Crippen molar-refractivity contribution in [2.24, 2.45) is 17.4 Å². The molecule has 1 atom stereocenters. The quantitative estimate of drug-likeness (QED) is 0.656. The standard InChI is InChI=1S/C12H16N2O4/c1-18-10-3-2-7(5-9(10)15)4-8(12(14)17)6-11(13)16/h2-3,5,8,15H,4,6H2,1H3,(H2,13,16)(H2,14,17). The Hall–Kier alpha value is -2.24. The number of hydrogen-bond donors (Lipinski definition) is 3. The highest BCUT2D eigenvalue weighted by molar-refractivity contribution is 5.84. The zero-order valence-corrected chi connectivity index (χ0v) is 10.1. The van der Waals surface area contributed by atoms with Gasteiger partial charge in [0.25, 0.3) is 0 Å². The molecule has 1 rings (SSSR count). The topological polar surface area (TPSA) is 116 Å². The lowest BCUT2D eigenvalue weighted by atomic mass is 9.95. The van der Waals surface area contributed by atoms with E-state index >= 15 is 0 Å². The highest BCUT2D eigenvalue weighted by Gasteiger charge is 2.19. The van der Waals surface area contributed by atoms with Crippen molar-refractivity contribution in [3.8, 4) is 11.5 Å². The van der Waals surface area contributed by atoms with Crippen molar-refractivity contribution in [2.75, 3.05) is 7.11 Å². The van der Waals surface area contributed by atoms with Gasteiger partial charge in [-0.05, 0) is 24.1 Å². The van der Waals surface area contributed by atoms with Gasteiger partial charge in [0.2, 0.25) is 11.8 Å². The number of carbonyl (C=O) groups is 2. The molecule has 2 amide bonds. The first-order valence-corrected chi connectivity index (χ1v) is 5.37. The second kappa shape index (κ2) is 5.90. The van der Waals surface area contributed by atoms with Crippen molar-refractivity contribution in [1.29, 1.82) is 0 Å². The minimum atomic E-state index is -0.671. The second-order valence-electron chi connectivity index (χ2n) is 3.98. The molecule has 1 aromatic carbocycles. The van der Waals surface area contributed by atoms with Crippen LogP contribution in [0.15, 0.2) is 18.2 Å². The number of benzene rings is 1. The third-order valence-electron chi connectivity index (χ3n) is 2.58. The highest BCUT2D eigenvalue weighted by atomic mass is 16.5. The smallest absolute Gasteiger partial charge is 0.221 e. The minimum absolute atomic E-state index is 0.0303. The Labute approximate surface area is 105 Å². The SMILES string of the molecule is COc1ccc(CC(CC(N)=O)C(N)=O)cc1O. The van der Waals surface area contributed by atoms with E-state index in [0.29, 0.717) is 11.3 Å². The monoisotopic (exact) mass is 252 g/mol. The Balaban J connectivity index is 2.84. The van der Waals surface area contributed by atoms with Crippen molar-refractivity contribution in [3.63, 3.8) is 0 Å². The average molecular weight is 252 g/mol. The molecule has 98 valence electrons. The molecule has 18 heavy (non-hydrogen) atoms. The molecule has 0 saturated heterocycles. The summed E-state index contributed by atoms with van der Waals surface area (Å²) in [5.74, 6) is -1.54. The van der Waals surface area contributed by atoms with Crippen LogP contribution in [0.5, 0.6) is 11.5 Å². The third kappa shape index (κ3) is 3.65. The fraction of sp³-hybridized carbons (Fsp3) is 0.333. The molecular weight excluding hydrogens is 236 g/mol. The van der Waals surface area contributed by atoms with Crippen LogP contribution in [-0.4, -0.2) is 24.0 Å². The normalized spacial score (nSPS) is 11.8. The maximum atomic E-state index is 11.2. The number of methoxy groups -OCH3 is 1. The molecule has 0 aliphatic heterocycles. The molecule has 0 fully saturated rings. The largest absolute Gasteiger partial charge is 0.504 e. The van der Waals surface area contributed by atoms with Crippen LogP contribution < -0.4 is 16.2 Å². The first-order valence-electron chi connectivity index (χ1n) is 5.37. The van der Waals surface area contributed by atoms with Crippen LogP contribution in [0.4, 0.5) is 0 Å². The van der Waals surface area contributed by atoms with E-state index in [1.54, 1.807) is 12.1 Å². The predicted octanol–water partition coefficient (Wildman–Crippen LogP) is -0.0798. The van der Waals surface area contributed by atoms with E-state index in [1.165, 1.54) is 13.2 Å². The van der Waals surface area contributed by atoms with E-state index < -0.39 is 17.7 Å². The molecule has 0 aliphatic rings. The predicted molar refractivity (Wildman–Crippen MR) is 64.9 cm³/mol. The number of primary amides is 2. The number of rotatable bonds is 6. The summed E-state index contributed by atoms with van der Waals surface area (Å²) >= 11 is 0. The zero-order valence-electron chi connectivity index (χ0n) is 10.1. The number of ether oxygens (including phenoxy) is 1. The average Bonchev–Trinajstić information content (AvgIpc) is 2.27. The van der Waals surface area contributed by atoms with Gasteiger partial charge in [-0.3, -0.25) is 9.59 Å². The molecule has 0 saturated carbocycles. The van der Waals surface area contributed by atoms with Crippen LogP contribution in [0.2, 0.25) is 0 Å². The van der Waals surface area contributed by atoms with Crippen molar-refractivity contribution in [2.45, 2.75) is 12.8 Å². The lowest BCUT2D eigenvalue weighted by Crippen LogP contribution is -2.29. The van der Waals surface area contributed by atoms with Gasteiger partial charge in [-0.2, -0.15) is 0 Å². The van der Waals surface area contributed by atoms with Crippen LogP contribution >= 0.6 is 0 Å². The number of phenolic OH excluding ortho intramolecular Hbond substituents is 1. The maximum absolute atomic E-state index is 11.2. The Morgan fingerprint density at radius 3 is 2.50 bits per heavy atom. The summed E-state index contributed by atoms with van der Waals surface area (Å²) in [6, 6.07) is 4.73. The summed E-state index contributed by atoms with van der Waals surface area (Å²) in [6.07, 6.45) is 0.137. The molecule has 1 unspecified atom stereocenters. The van der Waals surface area contributed by atoms with Crippen molar-refractivity contribution in [1.82, 2.24) is 0 Å². The van der Waals surface area contributed by atoms with Crippen molar-refractivity contribution in [3.05, 3.63) is 23.8 Å². The van der Waals surface area contributed by atoms with Crippen LogP contribution in [0.1, 0.15) is 12.0 Å². The van der Waals surface area contributed by atoms with Gasteiger partial charge in [-0.15, -0.1) is 0 Å². The van der Waals surface area contributed by atoms with Crippen molar-refractivity contribution >= 4 is 11.8 Å². The molecule has 0 aromatic heterocycles. The van der Waals surface area contributed by atoms with Crippen LogP contribution in [0.25, 0.3) is 0 Å². The molecule has 6 heteroatoms. The summed E-state index contributed by atoms with van der Waals surface area (Å²) in [6.45, 7) is 0. The fourth-order valence-electron chi connectivity index (χ4n) is 1.66. The molecule has 0 radical (unpaired) electrons. The van der Waals surface area contributed by atoms with Crippen molar-refractivity contribution < 1.29 is 19.4 Å². The number of phenols is 1. The molecule has 0 bridgehead atoms. The molecule has 1 aromatic rings. The first-order chi connectivity index (χ1) is 8.43. The van der Waals surface area contributed by atoms with E-state index in [9.17, 15) is 14.7 Å². The number of aromatic hydroxyl groups is 1. The Kier molecular flexibility index (Phi) is 4.53. The highest BCUT2D eigenvalue weighted by Crippen LogP contribution is 2.27. The molecule has 0 aliphatic carbocycles. The Bertz CT molecular complexity index is 459. The summed E-state index contributed by atoms with van der Waals surface area (Å²) in [4.78, 5) is 22.0. The van der Waals surface area contributed by atoms with Crippen LogP contribution in [-0.2, 0) is 16.0 Å². The Morgan fingerprint density at radius 2 is 2.06 bits per heavy atom. The van der Waals surface area contributed by atoms with Gasteiger partial charge in [0.15, 0.2) is 11.5 Å². The maximum Gasteiger partial charge on any atom is 0.221 e. The number of nitrogens with two attached hydrogens (primary N) is 2. The van der Waals surface area contributed by atoms with Gasteiger partial charge in [0, 0.05) is 6.42 Å². The first kappa shape index (κ1) is 13.8. The third-order valence-corrected chi connectivity index (χ3v) is 2.58. The van der Waals surface area contributed by atoms with E-state index in [1.807, 2.05) is 0 Å². The lowest BCUT2D eigenvalue weighted by Gasteiger charge is -2.12. The van der Waals surface area contributed by atoms with E-state index in [-0.39, 0.29) is 18.6 Å². The molecule has 6 nitrogen and oxygen atoms in total. The number of hydrogen-bond acceptors (Lipinski definition) is 4. The Morgan fingerprint density at radius 1 is 1.39 bits per heavy atom. The second-order valence-corrected chi connectivity index (χ2v) is 3.98. The summed E-state index contributed by atoms with van der Waals surface area (Å²) in [5, 5.41) is 9.59. The number of amides is 2. The van der Waals surface area contributed by atoms with Gasteiger partial charge in [-0.25, -0.2) is 0 Å². The van der Waals surface area contributed by atoms with Gasteiger partial charge in [0.1, 0.15) is 0 Å². The zero-order chi connectivity index (χ0) is 13.7.